The molecular weight excluding hydrogens is 294 g/mol. The van der Waals surface area contributed by atoms with Gasteiger partial charge in [0.25, 0.3) is 10.2 Å². The number of carboxylic acid groups (broad SMARTS) is 1. The van der Waals surface area contributed by atoms with Gasteiger partial charge in [0.2, 0.25) is 0 Å². The highest BCUT2D eigenvalue weighted by Gasteiger charge is 2.38. The predicted molar refractivity (Wildman–Crippen MR) is 79.2 cm³/mol. The third kappa shape index (κ3) is 3.94. The number of aliphatic carboxylic acids is 1. The number of likely N-dealkylation sites (tertiary alicyclic amines) is 1. The van der Waals surface area contributed by atoms with Gasteiger partial charge in [-0.15, -0.1) is 0 Å². The molecule has 0 aliphatic carbocycles. The van der Waals surface area contributed by atoms with Gasteiger partial charge in [0.1, 0.15) is 6.04 Å². The van der Waals surface area contributed by atoms with E-state index in [0.29, 0.717) is 32.4 Å². The zero-order chi connectivity index (χ0) is 15.6. The van der Waals surface area contributed by atoms with Crippen molar-refractivity contribution in [3.05, 3.63) is 0 Å². The summed E-state index contributed by atoms with van der Waals surface area (Å²) in [6, 6.07) is -0.339. The summed E-state index contributed by atoms with van der Waals surface area (Å²) in [7, 11) is -3.41. The molecule has 2 saturated heterocycles. The Hall–Kier alpha value is -0.700. The summed E-state index contributed by atoms with van der Waals surface area (Å²) in [5, 5.41) is 9.24. The lowest BCUT2D eigenvalue weighted by Gasteiger charge is -2.37. The molecule has 1 unspecified atom stereocenters. The molecule has 0 aromatic carbocycles. The molecule has 0 bridgehead atoms. The fraction of sp³-hybridized carbons (Fsp3) is 0.923. The normalized spacial score (nSPS) is 26.5. The van der Waals surface area contributed by atoms with Gasteiger partial charge in [-0.2, -0.15) is 17.4 Å². The van der Waals surface area contributed by atoms with Crippen LogP contribution in [0.1, 0.15) is 39.5 Å². The Balaban J connectivity index is 1.93. The smallest absolute Gasteiger partial charge is 0.320 e. The number of carbonyl (C=O) groups is 1. The Bertz CT molecular complexity index is 472. The molecule has 2 aliphatic heterocycles. The number of carboxylic acids is 1. The molecule has 7 nitrogen and oxygen atoms in total. The van der Waals surface area contributed by atoms with Crippen molar-refractivity contribution in [3.63, 3.8) is 0 Å². The Labute approximate surface area is 126 Å². The van der Waals surface area contributed by atoms with Crippen LogP contribution in [-0.2, 0) is 15.0 Å². The van der Waals surface area contributed by atoms with Crippen LogP contribution in [0.25, 0.3) is 0 Å². The van der Waals surface area contributed by atoms with E-state index in [4.69, 9.17) is 0 Å². The van der Waals surface area contributed by atoms with Crippen LogP contribution in [0.2, 0.25) is 0 Å². The minimum absolute atomic E-state index is 0.123. The minimum atomic E-state index is -3.41. The van der Waals surface area contributed by atoms with Crippen LogP contribution in [-0.4, -0.2) is 66.5 Å². The van der Waals surface area contributed by atoms with Crippen LogP contribution >= 0.6 is 0 Å². The summed E-state index contributed by atoms with van der Waals surface area (Å²) >= 11 is 0. The van der Waals surface area contributed by atoms with Crippen molar-refractivity contribution in [1.82, 2.24) is 13.9 Å². The van der Waals surface area contributed by atoms with Gasteiger partial charge in [-0.1, -0.05) is 0 Å². The van der Waals surface area contributed by atoms with Crippen molar-refractivity contribution in [2.24, 2.45) is 0 Å². The van der Waals surface area contributed by atoms with E-state index in [1.54, 1.807) is 13.8 Å². The van der Waals surface area contributed by atoms with E-state index in [9.17, 15) is 18.3 Å². The molecule has 2 rings (SSSR count). The number of rotatable bonds is 5. The summed E-state index contributed by atoms with van der Waals surface area (Å²) in [4.78, 5) is 13.3. The zero-order valence-corrected chi connectivity index (χ0v) is 13.5. The van der Waals surface area contributed by atoms with Gasteiger partial charge < -0.3 is 5.11 Å². The molecule has 0 saturated carbocycles. The molecule has 0 aromatic rings. The van der Waals surface area contributed by atoms with Crippen molar-refractivity contribution in [2.75, 3.05) is 19.6 Å². The average molecular weight is 319 g/mol. The topological polar surface area (TPSA) is 90.0 Å². The lowest BCUT2D eigenvalue weighted by molar-refractivity contribution is -0.143. The van der Waals surface area contributed by atoms with Gasteiger partial charge in [-0.25, -0.2) is 0 Å². The first-order valence-corrected chi connectivity index (χ1v) is 9.01. The van der Waals surface area contributed by atoms with Crippen molar-refractivity contribution in [1.29, 1.82) is 0 Å². The third-order valence-electron chi connectivity index (χ3n) is 4.20. The Morgan fingerprint density at radius 2 is 1.81 bits per heavy atom. The number of nitrogens with zero attached hydrogens (tertiary/aromatic N) is 2. The first-order chi connectivity index (χ1) is 9.81. The number of hydrogen-bond acceptors (Lipinski definition) is 4. The summed E-state index contributed by atoms with van der Waals surface area (Å²) in [6.45, 7) is 5.31. The molecule has 0 aromatic heterocycles. The summed E-state index contributed by atoms with van der Waals surface area (Å²) in [5.41, 5.74) is 0. The summed E-state index contributed by atoms with van der Waals surface area (Å²) in [6.07, 6.45) is 3.00. The van der Waals surface area contributed by atoms with Crippen LogP contribution < -0.4 is 4.72 Å². The van der Waals surface area contributed by atoms with E-state index >= 15 is 0 Å². The molecule has 21 heavy (non-hydrogen) atoms. The standard InChI is InChI=1S/C13H25N3O4S/c1-10(2)14-21(19,20)15-8-5-11(6-9-15)16-7-3-4-12(16)13(17)18/h10-12,14H,3-9H2,1-2H3,(H,17,18). The zero-order valence-electron chi connectivity index (χ0n) is 12.7. The van der Waals surface area contributed by atoms with Crippen molar-refractivity contribution in [3.8, 4) is 0 Å². The van der Waals surface area contributed by atoms with Crippen LogP contribution in [0.5, 0.6) is 0 Å². The van der Waals surface area contributed by atoms with Crippen LogP contribution in [0.4, 0.5) is 0 Å². The fourth-order valence-electron chi connectivity index (χ4n) is 3.28. The second kappa shape index (κ2) is 6.60. The Kier molecular flexibility index (Phi) is 5.24. The van der Waals surface area contributed by atoms with E-state index in [-0.39, 0.29) is 12.1 Å². The largest absolute Gasteiger partial charge is 0.480 e. The maximum Gasteiger partial charge on any atom is 0.320 e. The van der Waals surface area contributed by atoms with E-state index in [0.717, 1.165) is 13.0 Å². The second-order valence-electron chi connectivity index (χ2n) is 6.14. The maximum absolute atomic E-state index is 12.1. The van der Waals surface area contributed by atoms with E-state index in [2.05, 4.69) is 4.72 Å². The Morgan fingerprint density at radius 1 is 1.19 bits per heavy atom. The van der Waals surface area contributed by atoms with Gasteiger partial charge in [0, 0.05) is 25.2 Å². The van der Waals surface area contributed by atoms with Crippen molar-refractivity contribution < 1.29 is 18.3 Å². The third-order valence-corrected chi connectivity index (χ3v) is 6.01. The lowest BCUT2D eigenvalue weighted by Crippen LogP contribution is -2.52. The van der Waals surface area contributed by atoms with Crippen molar-refractivity contribution in [2.45, 2.75) is 57.7 Å². The van der Waals surface area contributed by atoms with Crippen LogP contribution in [0.3, 0.4) is 0 Å². The van der Waals surface area contributed by atoms with E-state index in [1.165, 1.54) is 4.31 Å². The highest BCUT2D eigenvalue weighted by molar-refractivity contribution is 7.87. The monoisotopic (exact) mass is 319 g/mol. The molecule has 0 spiro atoms. The molecule has 8 heteroatoms. The molecule has 2 fully saturated rings. The van der Waals surface area contributed by atoms with Gasteiger partial charge in [-0.3, -0.25) is 9.69 Å². The predicted octanol–water partition coefficient (Wildman–Crippen LogP) is 0.243. The molecule has 1 atom stereocenters. The molecule has 0 amide bonds. The quantitative estimate of drug-likeness (QED) is 0.758. The van der Waals surface area contributed by atoms with Gasteiger partial charge >= 0.3 is 5.97 Å². The fourth-order valence-corrected chi connectivity index (χ4v) is 4.71. The maximum atomic E-state index is 12.1. The molecule has 0 radical (unpaired) electrons. The number of hydrogen-bond donors (Lipinski definition) is 2. The van der Waals surface area contributed by atoms with Gasteiger partial charge in [-0.05, 0) is 46.1 Å². The highest BCUT2D eigenvalue weighted by atomic mass is 32.2. The summed E-state index contributed by atoms with van der Waals surface area (Å²) < 4.78 is 28.3. The van der Waals surface area contributed by atoms with E-state index < -0.39 is 22.2 Å². The molecule has 2 heterocycles. The molecule has 2 aliphatic rings. The lowest BCUT2D eigenvalue weighted by atomic mass is 10.0. The Morgan fingerprint density at radius 3 is 2.33 bits per heavy atom. The SMILES string of the molecule is CC(C)NS(=O)(=O)N1CCC(N2CCCC2C(=O)O)CC1. The molecular formula is C13H25N3O4S. The number of piperidine rings is 1. The molecule has 122 valence electrons. The minimum Gasteiger partial charge on any atom is -0.480 e. The van der Waals surface area contributed by atoms with Crippen molar-refractivity contribution >= 4 is 16.2 Å². The van der Waals surface area contributed by atoms with E-state index in [1.807, 2.05) is 4.90 Å². The first-order valence-electron chi connectivity index (χ1n) is 7.57. The van der Waals surface area contributed by atoms with Crippen LogP contribution in [0, 0.1) is 0 Å². The van der Waals surface area contributed by atoms with Gasteiger partial charge in [0.15, 0.2) is 0 Å². The molecule has 2 N–H and O–H groups in total. The van der Waals surface area contributed by atoms with Crippen LogP contribution in [0.15, 0.2) is 0 Å². The average Bonchev–Trinajstić information content (AvgIpc) is 2.86. The highest BCUT2D eigenvalue weighted by Crippen LogP contribution is 2.26. The second-order valence-corrected chi connectivity index (χ2v) is 7.84. The first kappa shape index (κ1) is 16.7. The number of nitrogens with one attached hydrogen (secondary N) is 1. The summed E-state index contributed by atoms with van der Waals surface area (Å²) in [5.74, 6) is -0.760. The van der Waals surface area contributed by atoms with Gasteiger partial charge in [0.05, 0.1) is 0 Å².